The number of hydrogen-bond donors (Lipinski definition) is 0. The molecule has 0 spiro atoms. The number of hydrogen-bond acceptors (Lipinski definition) is 3. The molecule has 10 aromatic rings. The zero-order valence-electron chi connectivity index (χ0n) is 28.4. The Labute approximate surface area is 300 Å². The number of aromatic nitrogens is 3. The van der Waals surface area contributed by atoms with Crippen molar-refractivity contribution >= 4 is 38.0 Å². The van der Waals surface area contributed by atoms with Crippen molar-refractivity contribution < 1.29 is 0 Å². The number of fused-ring (bicyclic) bond motifs is 5. The van der Waals surface area contributed by atoms with Crippen LogP contribution >= 0.6 is 0 Å². The molecule has 4 heteroatoms. The molecule has 0 atom stereocenters. The van der Waals surface area contributed by atoms with Crippen LogP contribution in [0.5, 0.6) is 0 Å². The van der Waals surface area contributed by atoms with Crippen LogP contribution in [-0.2, 0) is 0 Å². The molecule has 4 heterocycles. The number of benzene rings is 6. The first-order chi connectivity index (χ1) is 25.6. The van der Waals surface area contributed by atoms with Crippen LogP contribution in [0, 0.1) is 6.92 Å². The van der Waals surface area contributed by atoms with Crippen LogP contribution in [0.15, 0.2) is 175 Å². The molecule has 0 aliphatic heterocycles. The van der Waals surface area contributed by atoms with Gasteiger partial charge in [-0.05, 0) is 89.2 Å². The monoisotopic (exact) mass is 665 g/mol. The summed E-state index contributed by atoms with van der Waals surface area (Å²) < 4.78 is 1.92. The molecule has 0 amide bonds. The van der Waals surface area contributed by atoms with Gasteiger partial charge in [0.1, 0.15) is 0 Å². The zero-order valence-corrected chi connectivity index (χ0v) is 28.4. The van der Waals surface area contributed by atoms with Gasteiger partial charge in [-0.1, -0.05) is 115 Å². The van der Waals surface area contributed by atoms with Crippen LogP contribution < -0.4 is 5.56 Å². The molecule has 0 fully saturated rings. The average molecular weight is 666 g/mol. The summed E-state index contributed by atoms with van der Waals surface area (Å²) in [7, 11) is 0. The normalized spacial score (nSPS) is 11.6. The second-order valence-electron chi connectivity index (χ2n) is 13.4. The van der Waals surface area contributed by atoms with Crippen LogP contribution in [0.4, 0.5) is 0 Å². The topological polar surface area (TPSA) is 47.3 Å². The minimum Gasteiger partial charge on any atom is -0.275 e. The quantitative estimate of drug-likeness (QED) is 0.172. The van der Waals surface area contributed by atoms with Crippen LogP contribution in [0.25, 0.3) is 94.0 Å². The standard InChI is InChI=1S/C48H31N3O/c1-30-23-35(27-43(49-30)31-13-5-2-6-14-31)34-21-22-46-40(24-34)42-26-36(25-41-38-19-11-12-20-39(38)48(52)51(46)47(41)42)37-28-44(32-15-7-3-8-16-32)50-45(29-37)33-17-9-4-10-18-33/h2-29H,1H3. The lowest BCUT2D eigenvalue weighted by Gasteiger charge is -2.12. The van der Waals surface area contributed by atoms with Crippen LogP contribution in [0.1, 0.15) is 5.69 Å². The Morgan fingerprint density at radius 3 is 1.44 bits per heavy atom. The fourth-order valence-corrected chi connectivity index (χ4v) is 7.74. The van der Waals surface area contributed by atoms with Crippen molar-refractivity contribution in [1.82, 2.24) is 14.4 Å². The maximum absolute atomic E-state index is 14.3. The van der Waals surface area contributed by atoms with E-state index >= 15 is 0 Å². The second kappa shape index (κ2) is 11.9. The second-order valence-corrected chi connectivity index (χ2v) is 13.4. The van der Waals surface area contributed by atoms with Gasteiger partial charge in [0.25, 0.3) is 5.56 Å². The van der Waals surface area contributed by atoms with Gasteiger partial charge < -0.3 is 0 Å². The summed E-state index contributed by atoms with van der Waals surface area (Å²) in [4.78, 5) is 24.3. The molecular formula is C48H31N3O. The molecule has 4 aromatic heterocycles. The first kappa shape index (κ1) is 30.0. The van der Waals surface area contributed by atoms with E-state index in [2.05, 4.69) is 121 Å². The fraction of sp³-hybridized carbons (Fsp3) is 0.0208. The number of nitrogens with zero attached hydrogens (tertiary/aromatic N) is 3. The lowest BCUT2D eigenvalue weighted by Crippen LogP contribution is -2.12. The maximum Gasteiger partial charge on any atom is 0.263 e. The van der Waals surface area contributed by atoms with Crippen LogP contribution in [-0.4, -0.2) is 14.4 Å². The predicted molar refractivity (Wildman–Crippen MR) is 215 cm³/mol. The van der Waals surface area contributed by atoms with Crippen molar-refractivity contribution in [2.24, 2.45) is 0 Å². The van der Waals surface area contributed by atoms with Gasteiger partial charge in [-0.2, -0.15) is 0 Å². The summed E-state index contributed by atoms with van der Waals surface area (Å²) in [6.07, 6.45) is 0. The molecule has 0 saturated carbocycles. The SMILES string of the molecule is Cc1cc(-c2ccc3c(c2)c2cc(-c4cc(-c5ccccc5)nc(-c5ccccc5)c4)cc4c5ccccc5c(=O)n3c42)cc(-c2ccccc2)n1. The summed E-state index contributed by atoms with van der Waals surface area (Å²) in [5.41, 5.74) is 13.0. The predicted octanol–water partition coefficient (Wildman–Crippen LogP) is 11.6. The highest BCUT2D eigenvalue weighted by atomic mass is 16.1. The molecule has 0 saturated heterocycles. The van der Waals surface area contributed by atoms with Gasteiger partial charge in [-0.15, -0.1) is 0 Å². The molecule has 52 heavy (non-hydrogen) atoms. The average Bonchev–Trinajstić information content (AvgIpc) is 3.54. The van der Waals surface area contributed by atoms with Crippen molar-refractivity contribution in [1.29, 1.82) is 0 Å². The molecule has 0 N–H and O–H groups in total. The Kier molecular flexibility index (Phi) is 6.83. The first-order valence-electron chi connectivity index (χ1n) is 17.5. The van der Waals surface area contributed by atoms with E-state index in [4.69, 9.17) is 9.97 Å². The third-order valence-corrected chi connectivity index (χ3v) is 10.2. The lowest BCUT2D eigenvalue weighted by atomic mass is 9.95. The van der Waals surface area contributed by atoms with Gasteiger partial charge in [-0.3, -0.25) is 14.2 Å². The van der Waals surface area contributed by atoms with Crippen molar-refractivity contribution in [2.75, 3.05) is 0 Å². The van der Waals surface area contributed by atoms with Gasteiger partial charge in [0.2, 0.25) is 0 Å². The van der Waals surface area contributed by atoms with Gasteiger partial charge in [0.15, 0.2) is 0 Å². The van der Waals surface area contributed by atoms with E-state index in [1.165, 1.54) is 0 Å². The van der Waals surface area contributed by atoms with E-state index in [-0.39, 0.29) is 5.56 Å². The molecule has 244 valence electrons. The molecule has 0 aliphatic rings. The highest BCUT2D eigenvalue weighted by molar-refractivity contribution is 6.22. The smallest absolute Gasteiger partial charge is 0.263 e. The Bertz CT molecular complexity index is 2970. The molecule has 4 nitrogen and oxygen atoms in total. The molecule has 6 aromatic carbocycles. The van der Waals surface area contributed by atoms with E-state index in [9.17, 15) is 4.79 Å². The summed E-state index contributed by atoms with van der Waals surface area (Å²) >= 11 is 0. The summed E-state index contributed by atoms with van der Waals surface area (Å²) in [5.74, 6) is 0. The highest BCUT2D eigenvalue weighted by Crippen LogP contribution is 2.41. The van der Waals surface area contributed by atoms with Crippen molar-refractivity contribution in [3.63, 3.8) is 0 Å². The molecule has 0 aliphatic carbocycles. The van der Waals surface area contributed by atoms with E-state index < -0.39 is 0 Å². The summed E-state index contributed by atoms with van der Waals surface area (Å²) in [6, 6.07) is 58.6. The maximum atomic E-state index is 14.3. The van der Waals surface area contributed by atoms with E-state index in [1.807, 2.05) is 59.9 Å². The van der Waals surface area contributed by atoms with Crippen molar-refractivity contribution in [2.45, 2.75) is 6.92 Å². The van der Waals surface area contributed by atoms with Gasteiger partial charge in [0.05, 0.1) is 28.1 Å². The fourth-order valence-electron chi connectivity index (χ4n) is 7.74. The van der Waals surface area contributed by atoms with Crippen molar-refractivity contribution in [3.05, 3.63) is 186 Å². The Hall–Kier alpha value is -6.91. The number of rotatable bonds is 5. The number of aryl methyl sites for hydroxylation is 1. The van der Waals surface area contributed by atoms with Gasteiger partial charge in [-0.25, -0.2) is 4.98 Å². The minimum absolute atomic E-state index is 0.00337. The molecular weight excluding hydrogens is 635 g/mol. The minimum atomic E-state index is -0.00337. The third-order valence-electron chi connectivity index (χ3n) is 10.2. The van der Waals surface area contributed by atoms with E-state index in [0.29, 0.717) is 5.39 Å². The van der Waals surface area contributed by atoms with Crippen LogP contribution in [0.3, 0.4) is 0 Å². The number of pyridine rings is 3. The highest BCUT2D eigenvalue weighted by Gasteiger charge is 2.20. The summed E-state index contributed by atoms with van der Waals surface area (Å²) in [5, 5.41) is 4.78. The molecule has 0 unspecified atom stereocenters. The summed E-state index contributed by atoms with van der Waals surface area (Å²) in [6.45, 7) is 2.04. The largest absolute Gasteiger partial charge is 0.275 e. The molecule has 0 bridgehead atoms. The first-order valence-corrected chi connectivity index (χ1v) is 17.5. The zero-order chi connectivity index (χ0) is 34.8. The van der Waals surface area contributed by atoms with Gasteiger partial charge >= 0.3 is 0 Å². The Morgan fingerprint density at radius 1 is 0.385 bits per heavy atom. The van der Waals surface area contributed by atoms with Crippen molar-refractivity contribution in [3.8, 4) is 56.0 Å². The molecule has 10 rings (SSSR count). The van der Waals surface area contributed by atoms with Crippen LogP contribution in [0.2, 0.25) is 0 Å². The third kappa shape index (κ3) is 4.88. The lowest BCUT2D eigenvalue weighted by molar-refractivity contribution is 1.20. The Balaban J connectivity index is 1.27. The molecule has 0 radical (unpaired) electrons. The van der Waals surface area contributed by atoms with E-state index in [0.717, 1.165) is 94.3 Å². The van der Waals surface area contributed by atoms with E-state index in [1.54, 1.807) is 0 Å². The van der Waals surface area contributed by atoms with Gasteiger partial charge in [0, 0.05) is 43.9 Å². The Morgan fingerprint density at radius 2 is 0.846 bits per heavy atom.